The van der Waals surface area contributed by atoms with Gasteiger partial charge >= 0.3 is 0 Å². The minimum atomic E-state index is -0.288. The van der Waals surface area contributed by atoms with Gasteiger partial charge in [0, 0.05) is 18.7 Å². The quantitative estimate of drug-likeness (QED) is 0.747. The molecule has 0 bridgehead atoms. The van der Waals surface area contributed by atoms with E-state index in [0.717, 1.165) is 17.7 Å². The Morgan fingerprint density at radius 3 is 2.36 bits per heavy atom. The normalized spacial score (nSPS) is 12.5. The predicted octanol–water partition coefficient (Wildman–Crippen LogP) is 3.03. The van der Waals surface area contributed by atoms with E-state index in [1.54, 1.807) is 12.1 Å². The van der Waals surface area contributed by atoms with Gasteiger partial charge in [0.05, 0.1) is 5.92 Å². The summed E-state index contributed by atoms with van der Waals surface area (Å²) in [7, 11) is 4.06. The molecule has 0 aliphatic rings. The second-order valence-electron chi connectivity index (χ2n) is 6.23. The van der Waals surface area contributed by atoms with Crippen molar-refractivity contribution in [2.75, 3.05) is 20.6 Å². The molecule has 1 atom stereocenters. The van der Waals surface area contributed by atoms with E-state index in [4.69, 9.17) is 10.3 Å². The van der Waals surface area contributed by atoms with E-state index in [1.807, 2.05) is 38.4 Å². The average Bonchev–Trinajstić information content (AvgIpc) is 3.07. The predicted molar refractivity (Wildman–Crippen MR) is 94.4 cm³/mol. The van der Waals surface area contributed by atoms with Gasteiger partial charge in [0.25, 0.3) is 0 Å². The van der Waals surface area contributed by atoms with Gasteiger partial charge in [0.2, 0.25) is 11.7 Å². The first-order chi connectivity index (χ1) is 12.1. The molecule has 3 aromatic rings. The zero-order valence-corrected chi connectivity index (χ0v) is 14.3. The zero-order valence-electron chi connectivity index (χ0n) is 14.3. The number of nitrogens with two attached hydrogens (primary N) is 1. The van der Waals surface area contributed by atoms with Gasteiger partial charge in [-0.1, -0.05) is 41.6 Å². The minimum absolute atomic E-state index is 0.255. The SMILES string of the molecule is CN(C)Cc1ccc(-c2noc(C(CN)c3ccc(F)cc3)n2)cc1. The molecule has 0 spiro atoms. The third-order valence-electron chi connectivity index (χ3n) is 3.96. The molecule has 0 aliphatic heterocycles. The molecule has 2 aromatic carbocycles. The Labute approximate surface area is 146 Å². The summed E-state index contributed by atoms with van der Waals surface area (Å²) in [5, 5.41) is 4.06. The number of halogens is 1. The number of hydrogen-bond acceptors (Lipinski definition) is 5. The fourth-order valence-electron chi connectivity index (χ4n) is 2.69. The van der Waals surface area contributed by atoms with Crippen LogP contribution in [0.3, 0.4) is 0 Å². The molecule has 0 radical (unpaired) electrons. The molecule has 0 saturated heterocycles. The first kappa shape index (κ1) is 17.3. The van der Waals surface area contributed by atoms with Gasteiger partial charge in [-0.2, -0.15) is 4.98 Å². The molecule has 0 fully saturated rings. The molecule has 6 heteroatoms. The molecule has 25 heavy (non-hydrogen) atoms. The molecule has 3 rings (SSSR count). The molecular formula is C19H21FN4O. The van der Waals surface area contributed by atoms with E-state index in [-0.39, 0.29) is 11.7 Å². The smallest absolute Gasteiger partial charge is 0.235 e. The molecular weight excluding hydrogens is 319 g/mol. The summed E-state index contributed by atoms with van der Waals surface area (Å²) in [4.78, 5) is 6.59. The van der Waals surface area contributed by atoms with Crippen LogP contribution in [0.2, 0.25) is 0 Å². The van der Waals surface area contributed by atoms with Crippen LogP contribution in [0.4, 0.5) is 4.39 Å². The topological polar surface area (TPSA) is 68.2 Å². The van der Waals surface area contributed by atoms with E-state index in [1.165, 1.54) is 17.7 Å². The Balaban J connectivity index is 1.82. The number of rotatable bonds is 6. The summed E-state index contributed by atoms with van der Waals surface area (Å²) in [5.74, 6) is 0.409. The standard InChI is InChI=1S/C19H21FN4O/c1-24(2)12-13-3-5-15(6-4-13)18-22-19(25-23-18)17(11-21)14-7-9-16(20)10-8-14/h3-10,17H,11-12,21H2,1-2H3. The van der Waals surface area contributed by atoms with Gasteiger partial charge < -0.3 is 15.2 Å². The third-order valence-corrected chi connectivity index (χ3v) is 3.96. The number of nitrogens with zero attached hydrogens (tertiary/aromatic N) is 3. The lowest BCUT2D eigenvalue weighted by molar-refractivity contribution is 0.367. The monoisotopic (exact) mass is 340 g/mol. The first-order valence-electron chi connectivity index (χ1n) is 8.10. The number of hydrogen-bond donors (Lipinski definition) is 1. The summed E-state index contributed by atoms with van der Waals surface area (Å²) in [6, 6.07) is 14.2. The van der Waals surface area contributed by atoms with Crippen LogP contribution < -0.4 is 5.73 Å². The van der Waals surface area contributed by atoms with Crippen LogP contribution in [0.25, 0.3) is 11.4 Å². The molecule has 0 aliphatic carbocycles. The van der Waals surface area contributed by atoms with Crippen molar-refractivity contribution in [2.45, 2.75) is 12.5 Å². The van der Waals surface area contributed by atoms with Crippen molar-refractivity contribution in [3.8, 4) is 11.4 Å². The van der Waals surface area contributed by atoms with Crippen LogP contribution in [-0.2, 0) is 6.54 Å². The fourth-order valence-corrected chi connectivity index (χ4v) is 2.69. The highest BCUT2D eigenvalue weighted by atomic mass is 19.1. The maximum atomic E-state index is 13.1. The van der Waals surface area contributed by atoms with Crippen molar-refractivity contribution in [3.05, 3.63) is 71.4 Å². The van der Waals surface area contributed by atoms with Crippen molar-refractivity contribution in [1.29, 1.82) is 0 Å². The molecule has 1 unspecified atom stereocenters. The van der Waals surface area contributed by atoms with Crippen molar-refractivity contribution < 1.29 is 8.91 Å². The minimum Gasteiger partial charge on any atom is -0.338 e. The molecule has 5 nitrogen and oxygen atoms in total. The second kappa shape index (κ2) is 7.55. The van der Waals surface area contributed by atoms with Crippen LogP contribution in [0.5, 0.6) is 0 Å². The Morgan fingerprint density at radius 2 is 1.76 bits per heavy atom. The van der Waals surface area contributed by atoms with E-state index >= 15 is 0 Å². The van der Waals surface area contributed by atoms with Crippen molar-refractivity contribution >= 4 is 0 Å². The Morgan fingerprint density at radius 1 is 1.08 bits per heavy atom. The Kier molecular flexibility index (Phi) is 5.21. The molecule has 0 saturated carbocycles. The van der Waals surface area contributed by atoms with Gasteiger partial charge in [0.15, 0.2) is 0 Å². The molecule has 2 N–H and O–H groups in total. The van der Waals surface area contributed by atoms with Crippen molar-refractivity contribution in [3.63, 3.8) is 0 Å². The third kappa shape index (κ3) is 4.10. The van der Waals surface area contributed by atoms with E-state index in [0.29, 0.717) is 18.3 Å². The molecule has 0 amide bonds. The van der Waals surface area contributed by atoms with Crippen molar-refractivity contribution in [1.82, 2.24) is 15.0 Å². The van der Waals surface area contributed by atoms with Crippen LogP contribution in [0, 0.1) is 5.82 Å². The number of benzene rings is 2. The maximum absolute atomic E-state index is 13.1. The summed E-state index contributed by atoms with van der Waals surface area (Å²) in [6.45, 7) is 1.17. The van der Waals surface area contributed by atoms with Crippen LogP contribution >= 0.6 is 0 Å². The zero-order chi connectivity index (χ0) is 17.8. The fraction of sp³-hybridized carbons (Fsp3) is 0.263. The lowest BCUT2D eigenvalue weighted by Crippen LogP contribution is -2.14. The van der Waals surface area contributed by atoms with Gasteiger partial charge in [-0.25, -0.2) is 4.39 Å². The van der Waals surface area contributed by atoms with E-state index in [2.05, 4.69) is 15.0 Å². The average molecular weight is 340 g/mol. The highest BCUT2D eigenvalue weighted by molar-refractivity contribution is 5.54. The van der Waals surface area contributed by atoms with Gasteiger partial charge in [-0.15, -0.1) is 0 Å². The van der Waals surface area contributed by atoms with Crippen LogP contribution in [-0.4, -0.2) is 35.7 Å². The van der Waals surface area contributed by atoms with Gasteiger partial charge in [-0.05, 0) is 37.4 Å². The summed E-state index contributed by atoms with van der Waals surface area (Å²) in [6.07, 6.45) is 0. The summed E-state index contributed by atoms with van der Waals surface area (Å²) < 4.78 is 18.5. The Hall–Kier alpha value is -2.57. The van der Waals surface area contributed by atoms with Gasteiger partial charge in [0.1, 0.15) is 5.82 Å². The summed E-state index contributed by atoms with van der Waals surface area (Å²) >= 11 is 0. The molecule has 1 heterocycles. The van der Waals surface area contributed by atoms with Crippen molar-refractivity contribution in [2.24, 2.45) is 5.73 Å². The highest BCUT2D eigenvalue weighted by Crippen LogP contribution is 2.25. The second-order valence-corrected chi connectivity index (χ2v) is 6.23. The molecule has 1 aromatic heterocycles. The number of aromatic nitrogens is 2. The van der Waals surface area contributed by atoms with Crippen LogP contribution in [0.15, 0.2) is 53.1 Å². The molecule has 130 valence electrons. The Bertz CT molecular complexity index is 812. The highest BCUT2D eigenvalue weighted by Gasteiger charge is 2.20. The van der Waals surface area contributed by atoms with E-state index in [9.17, 15) is 4.39 Å². The van der Waals surface area contributed by atoms with Gasteiger partial charge in [-0.3, -0.25) is 0 Å². The largest absolute Gasteiger partial charge is 0.338 e. The van der Waals surface area contributed by atoms with Crippen LogP contribution in [0.1, 0.15) is 22.9 Å². The maximum Gasteiger partial charge on any atom is 0.235 e. The first-order valence-corrected chi connectivity index (χ1v) is 8.10. The lowest BCUT2D eigenvalue weighted by atomic mass is 9.99. The summed E-state index contributed by atoms with van der Waals surface area (Å²) in [5.41, 5.74) is 8.80. The lowest BCUT2D eigenvalue weighted by Gasteiger charge is -2.10. The van der Waals surface area contributed by atoms with E-state index < -0.39 is 0 Å².